The van der Waals surface area contributed by atoms with Crippen LogP contribution in [0.15, 0.2) is 18.2 Å². The Balaban J connectivity index is 2.58. The molecule has 15 heteroatoms. The molecule has 3 atom stereocenters. The summed E-state index contributed by atoms with van der Waals surface area (Å²) in [7, 11) is -1.46. The lowest BCUT2D eigenvalue weighted by atomic mass is 9.85. The van der Waals surface area contributed by atoms with Gasteiger partial charge in [0, 0.05) is 32.5 Å². The molecule has 2 rings (SSSR count). The Bertz CT molecular complexity index is 1260. The molecule has 0 fully saturated rings. The molecule has 1 aromatic carbocycles. The highest BCUT2D eigenvalue weighted by atomic mass is 32.2. The summed E-state index contributed by atoms with van der Waals surface area (Å²) in [5, 5.41) is 2.57. The number of halogens is 6. The van der Waals surface area contributed by atoms with Crippen LogP contribution < -0.4 is 10.0 Å². The van der Waals surface area contributed by atoms with E-state index in [2.05, 4.69) is 34.7 Å². The largest absolute Gasteiger partial charge is 0.598 e. The highest BCUT2D eigenvalue weighted by Crippen LogP contribution is 2.44. The molecule has 0 saturated heterocycles. The van der Waals surface area contributed by atoms with Crippen LogP contribution in [0.3, 0.4) is 0 Å². The molecule has 1 aromatic heterocycles. The van der Waals surface area contributed by atoms with Gasteiger partial charge in [-0.05, 0) is 57.9 Å². The Morgan fingerprint density at radius 2 is 1.70 bits per heavy atom. The van der Waals surface area contributed by atoms with E-state index in [-0.39, 0.29) is 12.6 Å². The van der Waals surface area contributed by atoms with Gasteiger partial charge in [-0.1, -0.05) is 39.6 Å². The summed E-state index contributed by atoms with van der Waals surface area (Å²) >= 11 is -1.74. The van der Waals surface area contributed by atoms with Gasteiger partial charge in [-0.3, -0.25) is 4.79 Å². The normalized spacial score (nSPS) is 15.8. The number of aromatic nitrogens is 2. The van der Waals surface area contributed by atoms with Gasteiger partial charge >= 0.3 is 12.4 Å². The van der Waals surface area contributed by atoms with E-state index in [9.17, 15) is 35.7 Å². The van der Waals surface area contributed by atoms with Crippen molar-refractivity contribution in [2.45, 2.75) is 122 Å². The molecule has 1 unspecified atom stereocenters. The predicted octanol–water partition coefficient (Wildman–Crippen LogP) is 7.94. The Labute approximate surface area is 260 Å². The molecule has 0 aliphatic carbocycles. The number of rotatable bonds is 14. The fourth-order valence-corrected chi connectivity index (χ4v) is 5.69. The van der Waals surface area contributed by atoms with Crippen molar-refractivity contribution in [3.8, 4) is 0 Å². The Morgan fingerprint density at radius 1 is 1.09 bits per heavy atom. The van der Waals surface area contributed by atoms with E-state index in [1.165, 1.54) is 0 Å². The number of nitrogens with zero attached hydrogens (tertiary/aromatic N) is 2. The molecule has 0 spiro atoms. The molecule has 1 amide bonds. The molecule has 7 nitrogen and oxygen atoms in total. The van der Waals surface area contributed by atoms with Crippen LogP contribution in [0.25, 0.3) is 11.0 Å². The van der Waals surface area contributed by atoms with Crippen molar-refractivity contribution in [2.75, 3.05) is 6.61 Å². The number of imidazole rings is 1. The maximum absolute atomic E-state index is 14.1. The van der Waals surface area contributed by atoms with Gasteiger partial charge in [0.2, 0.25) is 5.91 Å². The lowest BCUT2D eigenvalue weighted by Gasteiger charge is -2.34. The summed E-state index contributed by atoms with van der Waals surface area (Å²) in [6, 6.07) is 4.08. The van der Waals surface area contributed by atoms with Gasteiger partial charge in [-0.25, -0.2) is 4.98 Å². The summed E-state index contributed by atoms with van der Waals surface area (Å²) in [4.78, 5) is 16.9. The Morgan fingerprint density at radius 3 is 2.23 bits per heavy atom. The van der Waals surface area contributed by atoms with Gasteiger partial charge in [-0.15, -0.1) is 4.72 Å². The molecule has 0 radical (unpaired) electrons. The highest BCUT2D eigenvalue weighted by Gasteiger charge is 2.50. The van der Waals surface area contributed by atoms with Crippen molar-refractivity contribution >= 4 is 36.4 Å². The first-order valence-electron chi connectivity index (χ1n) is 14.5. The third-order valence-electron chi connectivity index (χ3n) is 7.13. The molecule has 1 heterocycles. The third kappa shape index (κ3) is 11.5. The maximum atomic E-state index is 14.1. The van der Waals surface area contributed by atoms with Crippen molar-refractivity contribution in [3.63, 3.8) is 0 Å². The number of alkyl halides is 6. The zero-order valence-electron chi connectivity index (χ0n) is 26.9. The van der Waals surface area contributed by atoms with Crippen molar-refractivity contribution in [2.24, 2.45) is 5.41 Å². The first-order valence-corrected chi connectivity index (χ1v) is 19.4. The number of amides is 1. The number of carbonyl (C=O) groups excluding carboxylic acids is 1. The first-order chi connectivity index (χ1) is 19.8. The summed E-state index contributed by atoms with van der Waals surface area (Å²) in [6.45, 7) is 15.9. The van der Waals surface area contributed by atoms with Gasteiger partial charge in [0.15, 0.2) is 0 Å². The maximum Gasteiger partial charge on any atom is 0.394 e. The zero-order valence-corrected chi connectivity index (χ0v) is 28.7. The quantitative estimate of drug-likeness (QED) is 0.0921. The lowest BCUT2D eigenvalue weighted by Crippen LogP contribution is -2.45. The molecule has 252 valence electrons. The number of hydrogen-bond donors (Lipinski definition) is 2. The van der Waals surface area contributed by atoms with Crippen LogP contribution in [0.5, 0.6) is 0 Å². The first kappa shape index (κ1) is 38.4. The molecular formula is C29H46F6N4O3SSi. The lowest BCUT2D eigenvalue weighted by molar-refractivity contribution is -0.215. The van der Waals surface area contributed by atoms with Crippen molar-refractivity contribution in [1.82, 2.24) is 19.6 Å². The molecule has 0 aliphatic heterocycles. The molecule has 0 aliphatic rings. The van der Waals surface area contributed by atoms with Gasteiger partial charge in [-0.2, -0.15) is 26.3 Å². The molecule has 44 heavy (non-hydrogen) atoms. The second-order valence-corrected chi connectivity index (χ2v) is 21.7. The number of ether oxygens (including phenoxy) is 1. The summed E-state index contributed by atoms with van der Waals surface area (Å²) < 4.78 is 103. The van der Waals surface area contributed by atoms with Crippen LogP contribution in [0.1, 0.15) is 84.3 Å². The number of nitrogens with one attached hydrogen (secondary N) is 2. The fourth-order valence-electron chi connectivity index (χ4n) is 4.13. The predicted molar refractivity (Wildman–Crippen MR) is 164 cm³/mol. The molecular weight excluding hydrogens is 626 g/mol. The SMILES string of the molecule is C[C@@H](NC(=O)CCC(F)(F)F)c1ccc2nc([C@@H](CC(C)(C)C(F)(F)F)N[S+]([O-])C(C)(C)C)n(COCC[Si](C)(C)C)c2c1. The summed E-state index contributed by atoms with van der Waals surface area (Å²) in [5.74, 6) is -0.552. The number of hydrogen-bond acceptors (Lipinski definition) is 5. The topological polar surface area (TPSA) is 91.2 Å². The second kappa shape index (κ2) is 14.3. The number of fused-ring (bicyclic) bond motifs is 1. The highest BCUT2D eigenvalue weighted by molar-refractivity contribution is 7.90. The smallest absolute Gasteiger partial charge is 0.394 e. The zero-order chi connectivity index (χ0) is 33.9. The minimum absolute atomic E-state index is 0.0428. The van der Waals surface area contributed by atoms with Gasteiger partial charge in [0.1, 0.15) is 23.3 Å². The number of carbonyl (C=O) groups is 1. The van der Waals surface area contributed by atoms with Gasteiger partial charge in [0.25, 0.3) is 0 Å². The fraction of sp³-hybridized carbons (Fsp3) is 0.724. The van der Waals surface area contributed by atoms with Crippen LogP contribution in [0, 0.1) is 5.41 Å². The van der Waals surface area contributed by atoms with Crippen molar-refractivity contribution in [1.29, 1.82) is 0 Å². The minimum Gasteiger partial charge on any atom is -0.598 e. The van der Waals surface area contributed by atoms with E-state index in [1.807, 2.05) is 0 Å². The third-order valence-corrected chi connectivity index (χ3v) is 10.4. The Kier molecular flexibility index (Phi) is 12.5. The number of benzene rings is 1. The minimum atomic E-state index is -4.55. The van der Waals surface area contributed by atoms with Crippen molar-refractivity contribution < 1.29 is 40.4 Å². The van der Waals surface area contributed by atoms with E-state index in [4.69, 9.17) is 4.74 Å². The van der Waals surface area contributed by atoms with E-state index in [0.29, 0.717) is 23.2 Å². The standard InChI is InChI=1S/C29H46F6N4O3SSi/c1-19(36-24(40)12-13-28(30,31)32)20-10-11-21-23(16-20)39(18-42-14-15-44(7,8)9)25(37-21)22(38-43(41)26(2,3)4)17-27(5,6)29(33,34)35/h10-11,16,19,22,38H,12-15,17-18H2,1-9H3,(H,36,40)/t19-,22-,43?/m1/s1. The second-order valence-electron chi connectivity index (χ2n) is 14.0. The molecule has 2 aromatic rings. The average Bonchev–Trinajstić information content (AvgIpc) is 3.20. The van der Waals surface area contributed by atoms with Crippen LogP contribution in [0.2, 0.25) is 25.7 Å². The van der Waals surface area contributed by atoms with Crippen LogP contribution in [0.4, 0.5) is 26.3 Å². The Hall–Kier alpha value is -1.81. The average molecular weight is 673 g/mol. The van der Waals surface area contributed by atoms with E-state index < -0.39 is 79.2 Å². The van der Waals surface area contributed by atoms with Crippen LogP contribution in [-0.4, -0.2) is 51.8 Å². The summed E-state index contributed by atoms with van der Waals surface area (Å²) in [6.07, 6.45) is -11.4. The summed E-state index contributed by atoms with van der Waals surface area (Å²) in [5.41, 5.74) is -0.660. The van der Waals surface area contributed by atoms with Crippen molar-refractivity contribution in [3.05, 3.63) is 29.6 Å². The van der Waals surface area contributed by atoms with E-state index in [0.717, 1.165) is 19.9 Å². The van der Waals surface area contributed by atoms with Gasteiger partial charge in [0.05, 0.1) is 28.9 Å². The molecule has 0 saturated carbocycles. The van der Waals surface area contributed by atoms with E-state index >= 15 is 0 Å². The molecule has 0 bridgehead atoms. The monoisotopic (exact) mass is 672 g/mol. The van der Waals surface area contributed by atoms with Gasteiger partial charge < -0.3 is 19.2 Å². The molecule has 2 N–H and O–H groups in total. The van der Waals surface area contributed by atoms with E-state index in [1.54, 1.807) is 50.5 Å². The van der Waals surface area contributed by atoms with Crippen LogP contribution >= 0.6 is 0 Å². The van der Waals surface area contributed by atoms with Crippen LogP contribution in [-0.2, 0) is 27.6 Å².